The standard InChI is InChI=1S/C8H8N2O2/c11-5-1-3-9-7(5)8-6(12)2-4-10-8/h3-4,11-12H,1-2H2. The average Bonchev–Trinajstić information content (AvgIpc) is 2.59. The van der Waals surface area contributed by atoms with Gasteiger partial charge in [-0.2, -0.15) is 0 Å². The summed E-state index contributed by atoms with van der Waals surface area (Å²) in [6.07, 6.45) is 4.06. The van der Waals surface area contributed by atoms with E-state index in [0.29, 0.717) is 24.2 Å². The Morgan fingerprint density at radius 1 is 0.917 bits per heavy atom. The summed E-state index contributed by atoms with van der Waals surface area (Å²) in [4.78, 5) is 7.84. The number of aliphatic hydroxyl groups excluding tert-OH is 2. The number of aliphatic imine (C=N–C) groups is 2. The van der Waals surface area contributed by atoms with E-state index in [0.717, 1.165) is 0 Å². The van der Waals surface area contributed by atoms with Gasteiger partial charge in [0.05, 0.1) is 0 Å². The molecule has 12 heavy (non-hydrogen) atoms. The van der Waals surface area contributed by atoms with Crippen LogP contribution >= 0.6 is 0 Å². The maximum absolute atomic E-state index is 9.30. The van der Waals surface area contributed by atoms with Gasteiger partial charge >= 0.3 is 0 Å². The van der Waals surface area contributed by atoms with Gasteiger partial charge in [-0.25, -0.2) is 0 Å². The number of rotatable bonds is 1. The minimum Gasteiger partial charge on any atom is -0.510 e. The maximum atomic E-state index is 9.30. The van der Waals surface area contributed by atoms with Crippen LogP contribution in [0.1, 0.15) is 12.8 Å². The Morgan fingerprint density at radius 2 is 1.33 bits per heavy atom. The normalized spacial score (nSPS) is 21.7. The van der Waals surface area contributed by atoms with E-state index >= 15 is 0 Å². The van der Waals surface area contributed by atoms with E-state index < -0.39 is 0 Å². The van der Waals surface area contributed by atoms with Crippen LogP contribution in [0.15, 0.2) is 32.9 Å². The Kier molecular flexibility index (Phi) is 1.46. The van der Waals surface area contributed by atoms with Crippen molar-refractivity contribution in [2.75, 3.05) is 0 Å². The maximum Gasteiger partial charge on any atom is 0.129 e. The molecule has 2 aliphatic rings. The monoisotopic (exact) mass is 164 g/mol. The van der Waals surface area contributed by atoms with Crippen LogP contribution in [0, 0.1) is 0 Å². The number of hydrogen-bond donors (Lipinski definition) is 2. The quantitative estimate of drug-likeness (QED) is 0.616. The van der Waals surface area contributed by atoms with E-state index in [4.69, 9.17) is 0 Å². The Balaban J connectivity index is 2.42. The first kappa shape index (κ1) is 7.09. The second kappa shape index (κ2) is 2.48. The molecule has 0 unspecified atom stereocenters. The highest BCUT2D eigenvalue weighted by molar-refractivity contribution is 5.73. The molecule has 2 rings (SSSR count). The molecule has 0 aliphatic carbocycles. The molecule has 62 valence electrons. The van der Waals surface area contributed by atoms with Gasteiger partial charge in [0.1, 0.15) is 22.9 Å². The highest BCUT2D eigenvalue weighted by Crippen LogP contribution is 2.27. The summed E-state index contributed by atoms with van der Waals surface area (Å²) in [6.45, 7) is 0. The lowest BCUT2D eigenvalue weighted by Gasteiger charge is -1.98. The Bertz CT molecular complexity index is 303. The number of hydrogen-bond acceptors (Lipinski definition) is 4. The van der Waals surface area contributed by atoms with Crippen molar-refractivity contribution in [1.29, 1.82) is 0 Å². The van der Waals surface area contributed by atoms with Gasteiger partial charge in [-0.1, -0.05) is 0 Å². The number of allylic oxidation sites excluding steroid dienone is 2. The second-order valence-corrected chi connectivity index (χ2v) is 2.62. The van der Waals surface area contributed by atoms with Crippen molar-refractivity contribution in [3.63, 3.8) is 0 Å². The van der Waals surface area contributed by atoms with Gasteiger partial charge in [0, 0.05) is 25.3 Å². The first-order valence-corrected chi connectivity index (χ1v) is 3.68. The summed E-state index contributed by atoms with van der Waals surface area (Å²) >= 11 is 0. The van der Waals surface area contributed by atoms with Gasteiger partial charge in [-0.05, 0) is 0 Å². The van der Waals surface area contributed by atoms with Gasteiger partial charge in [-0.15, -0.1) is 0 Å². The summed E-state index contributed by atoms with van der Waals surface area (Å²) in [5.41, 5.74) is 0.808. The van der Waals surface area contributed by atoms with Crippen LogP contribution in [0.25, 0.3) is 0 Å². The zero-order chi connectivity index (χ0) is 8.55. The Labute approximate surface area is 69.3 Å². The third kappa shape index (κ3) is 0.922. The van der Waals surface area contributed by atoms with E-state index in [2.05, 4.69) is 9.98 Å². The molecule has 0 saturated heterocycles. The Hall–Kier alpha value is -1.58. The van der Waals surface area contributed by atoms with E-state index in [1.807, 2.05) is 0 Å². The fraction of sp³-hybridized carbons (Fsp3) is 0.250. The van der Waals surface area contributed by atoms with Crippen LogP contribution in [-0.2, 0) is 0 Å². The second-order valence-electron chi connectivity index (χ2n) is 2.62. The SMILES string of the molecule is OC1=C(C2=C(O)CC=N2)N=CC1. The predicted octanol–water partition coefficient (Wildman–Crippen LogP) is 1.47. The van der Waals surface area contributed by atoms with Gasteiger partial charge in [0.15, 0.2) is 0 Å². The molecule has 0 aromatic carbocycles. The molecule has 4 nitrogen and oxygen atoms in total. The van der Waals surface area contributed by atoms with Crippen LogP contribution < -0.4 is 0 Å². The number of aliphatic hydroxyl groups is 2. The Morgan fingerprint density at radius 3 is 1.58 bits per heavy atom. The van der Waals surface area contributed by atoms with E-state index in [1.54, 1.807) is 12.4 Å². The third-order valence-corrected chi connectivity index (χ3v) is 1.78. The van der Waals surface area contributed by atoms with Gasteiger partial charge < -0.3 is 10.2 Å². The van der Waals surface area contributed by atoms with Gasteiger partial charge in [0.25, 0.3) is 0 Å². The highest BCUT2D eigenvalue weighted by atomic mass is 16.3. The fourth-order valence-corrected chi connectivity index (χ4v) is 1.18. The van der Waals surface area contributed by atoms with Crippen molar-refractivity contribution in [1.82, 2.24) is 0 Å². The number of nitrogens with zero attached hydrogens (tertiary/aromatic N) is 2. The zero-order valence-electron chi connectivity index (χ0n) is 6.36. The molecule has 4 heteroatoms. The van der Waals surface area contributed by atoms with Crippen LogP contribution in [-0.4, -0.2) is 22.6 Å². The first-order valence-electron chi connectivity index (χ1n) is 3.68. The summed E-state index contributed by atoms with van der Waals surface area (Å²) in [6, 6.07) is 0. The van der Waals surface area contributed by atoms with E-state index in [1.165, 1.54) is 0 Å². The van der Waals surface area contributed by atoms with Crippen LogP contribution in [0.2, 0.25) is 0 Å². The average molecular weight is 164 g/mol. The highest BCUT2D eigenvalue weighted by Gasteiger charge is 2.19. The van der Waals surface area contributed by atoms with Crippen LogP contribution in [0.3, 0.4) is 0 Å². The molecular weight excluding hydrogens is 156 g/mol. The van der Waals surface area contributed by atoms with Crippen molar-refractivity contribution in [3.05, 3.63) is 22.9 Å². The van der Waals surface area contributed by atoms with E-state index in [-0.39, 0.29) is 11.5 Å². The summed E-state index contributed by atoms with van der Waals surface area (Å²) < 4.78 is 0. The largest absolute Gasteiger partial charge is 0.510 e. The minimum absolute atomic E-state index is 0.176. The molecule has 2 N–H and O–H groups in total. The van der Waals surface area contributed by atoms with Crippen molar-refractivity contribution >= 4 is 12.4 Å². The molecule has 0 aromatic rings. The predicted molar refractivity (Wildman–Crippen MR) is 45.5 cm³/mol. The van der Waals surface area contributed by atoms with Gasteiger partial charge in [0.2, 0.25) is 0 Å². The lowest BCUT2D eigenvalue weighted by atomic mass is 10.2. The zero-order valence-corrected chi connectivity index (χ0v) is 6.36. The summed E-state index contributed by atoms with van der Waals surface area (Å²) in [5.74, 6) is 0.353. The molecule has 0 amide bonds. The van der Waals surface area contributed by atoms with Crippen molar-refractivity contribution < 1.29 is 10.2 Å². The lowest BCUT2D eigenvalue weighted by molar-refractivity contribution is 0.392. The van der Waals surface area contributed by atoms with Gasteiger partial charge in [-0.3, -0.25) is 9.98 Å². The summed E-state index contributed by atoms with van der Waals surface area (Å²) in [5, 5.41) is 18.6. The molecular formula is C8H8N2O2. The molecule has 0 saturated carbocycles. The fourth-order valence-electron chi connectivity index (χ4n) is 1.18. The molecule has 0 fully saturated rings. The molecule has 0 bridgehead atoms. The van der Waals surface area contributed by atoms with Crippen LogP contribution in [0.4, 0.5) is 0 Å². The lowest BCUT2D eigenvalue weighted by Crippen LogP contribution is -1.88. The van der Waals surface area contributed by atoms with Crippen LogP contribution in [0.5, 0.6) is 0 Å². The first-order chi connectivity index (χ1) is 5.79. The van der Waals surface area contributed by atoms with E-state index in [9.17, 15) is 10.2 Å². The third-order valence-electron chi connectivity index (χ3n) is 1.78. The topological polar surface area (TPSA) is 65.2 Å². The minimum atomic E-state index is 0.176. The molecule has 2 aliphatic heterocycles. The molecule has 0 radical (unpaired) electrons. The molecule has 0 aromatic heterocycles. The van der Waals surface area contributed by atoms with Crippen molar-refractivity contribution in [2.45, 2.75) is 12.8 Å². The summed E-state index contributed by atoms with van der Waals surface area (Å²) in [7, 11) is 0. The van der Waals surface area contributed by atoms with Crippen molar-refractivity contribution in [3.8, 4) is 0 Å². The smallest absolute Gasteiger partial charge is 0.129 e. The molecule has 2 heterocycles. The molecule has 0 atom stereocenters. The molecule has 0 spiro atoms. The van der Waals surface area contributed by atoms with Crippen molar-refractivity contribution in [2.24, 2.45) is 9.98 Å².